The molecule has 0 atom stereocenters. The predicted octanol–water partition coefficient (Wildman–Crippen LogP) is 4.00. The molecular weight excluding hydrogens is 284 g/mol. The molecule has 1 aromatic carbocycles. The van der Waals surface area contributed by atoms with Gasteiger partial charge in [-0.2, -0.15) is 5.26 Å². The Bertz CT molecular complexity index is 871. The molecule has 116 valence electrons. The zero-order chi connectivity index (χ0) is 16.2. The minimum absolute atomic E-state index is 0.686. The second-order valence-corrected chi connectivity index (χ2v) is 5.89. The van der Waals surface area contributed by atoms with Crippen LogP contribution >= 0.6 is 0 Å². The Hall–Kier alpha value is -2.67. The topological polar surface area (TPSA) is 54.5 Å². The summed E-state index contributed by atoms with van der Waals surface area (Å²) in [5.74, 6) is 1.07. The first-order valence-electron chi connectivity index (χ1n) is 8.02. The van der Waals surface area contributed by atoms with Crippen LogP contribution in [0.1, 0.15) is 42.3 Å². The van der Waals surface area contributed by atoms with Crippen LogP contribution in [0.2, 0.25) is 0 Å². The van der Waals surface area contributed by atoms with Crippen LogP contribution in [0.5, 0.6) is 0 Å². The van der Waals surface area contributed by atoms with Gasteiger partial charge < -0.3 is 4.57 Å². The van der Waals surface area contributed by atoms with Gasteiger partial charge in [0.1, 0.15) is 11.3 Å². The Morgan fingerprint density at radius 1 is 1.26 bits per heavy atom. The lowest BCUT2D eigenvalue weighted by atomic mass is 10.1. The van der Waals surface area contributed by atoms with Crippen molar-refractivity contribution < 1.29 is 0 Å². The van der Waals surface area contributed by atoms with E-state index in [1.54, 1.807) is 0 Å². The van der Waals surface area contributed by atoms with Crippen molar-refractivity contribution >= 4 is 11.2 Å². The molecule has 0 radical (unpaired) electrons. The molecule has 0 fully saturated rings. The van der Waals surface area contributed by atoms with Crippen molar-refractivity contribution in [2.24, 2.45) is 0 Å². The number of unbranched alkanes of at least 4 members (excludes halogenated alkanes) is 1. The summed E-state index contributed by atoms with van der Waals surface area (Å²) in [4.78, 5) is 9.37. The van der Waals surface area contributed by atoms with Crippen molar-refractivity contribution in [1.29, 1.82) is 5.26 Å². The average molecular weight is 304 g/mol. The summed E-state index contributed by atoms with van der Waals surface area (Å²) in [7, 11) is 0. The van der Waals surface area contributed by atoms with Gasteiger partial charge in [-0.15, -0.1) is 0 Å². The minimum Gasteiger partial charge on any atom is -0.308 e. The highest BCUT2D eigenvalue weighted by Gasteiger charge is 2.12. The molecule has 2 heterocycles. The van der Waals surface area contributed by atoms with E-state index < -0.39 is 0 Å². The third-order valence-electron chi connectivity index (χ3n) is 3.95. The monoisotopic (exact) mass is 304 g/mol. The first-order valence-corrected chi connectivity index (χ1v) is 8.02. The van der Waals surface area contributed by atoms with E-state index in [0.29, 0.717) is 12.1 Å². The van der Waals surface area contributed by atoms with Crippen molar-refractivity contribution in [2.75, 3.05) is 0 Å². The highest BCUT2D eigenvalue weighted by Crippen LogP contribution is 2.19. The minimum atomic E-state index is 0.686. The largest absolute Gasteiger partial charge is 0.308 e. The van der Waals surface area contributed by atoms with Gasteiger partial charge in [-0.25, -0.2) is 9.97 Å². The number of pyridine rings is 1. The van der Waals surface area contributed by atoms with Gasteiger partial charge in [0.25, 0.3) is 0 Å². The Labute approximate surface area is 136 Å². The lowest BCUT2D eigenvalue weighted by molar-refractivity contribution is 0.686. The lowest BCUT2D eigenvalue weighted by Crippen LogP contribution is -2.06. The summed E-state index contributed by atoms with van der Waals surface area (Å²) in [6.45, 7) is 4.92. The Balaban J connectivity index is 2.04. The number of nitriles is 1. The van der Waals surface area contributed by atoms with Gasteiger partial charge in [0, 0.05) is 12.6 Å². The number of rotatable bonds is 5. The van der Waals surface area contributed by atoms with Crippen molar-refractivity contribution in [2.45, 2.75) is 39.7 Å². The first kappa shape index (κ1) is 15.2. The molecule has 2 aromatic heterocycles. The molecule has 3 rings (SSSR count). The van der Waals surface area contributed by atoms with Crippen molar-refractivity contribution in [3.63, 3.8) is 0 Å². The van der Waals surface area contributed by atoms with Crippen LogP contribution in [0.3, 0.4) is 0 Å². The number of aromatic nitrogens is 3. The Morgan fingerprint density at radius 2 is 2.13 bits per heavy atom. The Morgan fingerprint density at radius 3 is 2.91 bits per heavy atom. The van der Waals surface area contributed by atoms with Crippen LogP contribution in [0.4, 0.5) is 0 Å². The molecule has 3 aromatic rings. The van der Waals surface area contributed by atoms with E-state index in [0.717, 1.165) is 47.4 Å². The van der Waals surface area contributed by atoms with Crippen LogP contribution in [0.25, 0.3) is 11.2 Å². The fourth-order valence-corrected chi connectivity index (χ4v) is 2.77. The summed E-state index contributed by atoms with van der Waals surface area (Å²) in [6, 6.07) is 12.0. The van der Waals surface area contributed by atoms with E-state index in [9.17, 15) is 0 Å². The highest BCUT2D eigenvalue weighted by molar-refractivity contribution is 5.72. The number of aryl methyl sites for hydroxylation is 2. The second-order valence-electron chi connectivity index (χ2n) is 5.89. The van der Waals surface area contributed by atoms with E-state index in [-0.39, 0.29) is 0 Å². The second kappa shape index (κ2) is 6.62. The fourth-order valence-electron chi connectivity index (χ4n) is 2.77. The summed E-state index contributed by atoms with van der Waals surface area (Å²) in [5.41, 5.74) is 4.78. The number of hydrogen-bond donors (Lipinski definition) is 0. The third-order valence-corrected chi connectivity index (χ3v) is 3.95. The maximum atomic E-state index is 9.08. The molecule has 0 saturated heterocycles. The van der Waals surface area contributed by atoms with Crippen LogP contribution < -0.4 is 0 Å². The fraction of sp³-hybridized carbons (Fsp3) is 0.316. The predicted molar refractivity (Wildman–Crippen MR) is 91.1 cm³/mol. The first-order chi connectivity index (χ1) is 11.2. The highest BCUT2D eigenvalue weighted by atomic mass is 15.1. The SMILES string of the molecule is CCCCc1nc2cc(C)cnc2n1Cc1cccc(C#N)c1. The van der Waals surface area contributed by atoms with Crippen LogP contribution in [0, 0.1) is 18.3 Å². The van der Waals surface area contributed by atoms with E-state index in [4.69, 9.17) is 10.2 Å². The molecule has 0 aliphatic rings. The standard InChI is InChI=1S/C19H20N4/c1-3-4-8-18-22-17-9-14(2)12-21-19(17)23(18)13-16-7-5-6-15(10-16)11-20/h5-7,9-10,12H,3-4,8,13H2,1-2H3. The number of nitrogens with zero attached hydrogens (tertiary/aromatic N) is 4. The van der Waals surface area contributed by atoms with Crippen molar-refractivity contribution in [3.8, 4) is 6.07 Å². The summed E-state index contributed by atoms with van der Waals surface area (Å²) >= 11 is 0. The van der Waals surface area contributed by atoms with Gasteiger partial charge >= 0.3 is 0 Å². The lowest BCUT2D eigenvalue weighted by Gasteiger charge is -2.09. The molecule has 0 bridgehead atoms. The zero-order valence-electron chi connectivity index (χ0n) is 13.6. The smallest absolute Gasteiger partial charge is 0.160 e. The van der Waals surface area contributed by atoms with E-state index >= 15 is 0 Å². The van der Waals surface area contributed by atoms with Gasteiger partial charge in [0.05, 0.1) is 18.2 Å². The molecule has 0 aliphatic carbocycles. The number of benzene rings is 1. The molecule has 0 amide bonds. The normalized spacial score (nSPS) is 10.8. The third kappa shape index (κ3) is 3.24. The van der Waals surface area contributed by atoms with Crippen LogP contribution in [-0.2, 0) is 13.0 Å². The van der Waals surface area contributed by atoms with Crippen molar-refractivity contribution in [3.05, 3.63) is 59.0 Å². The molecule has 4 heteroatoms. The zero-order valence-corrected chi connectivity index (χ0v) is 13.6. The molecule has 23 heavy (non-hydrogen) atoms. The van der Waals surface area contributed by atoms with Gasteiger partial charge in [-0.05, 0) is 42.7 Å². The van der Waals surface area contributed by atoms with Crippen molar-refractivity contribution in [1.82, 2.24) is 14.5 Å². The molecule has 0 spiro atoms. The van der Waals surface area contributed by atoms with Crippen LogP contribution in [-0.4, -0.2) is 14.5 Å². The van der Waals surface area contributed by atoms with Gasteiger partial charge in [-0.1, -0.05) is 25.5 Å². The summed E-state index contributed by atoms with van der Waals surface area (Å²) in [5, 5.41) is 9.08. The van der Waals surface area contributed by atoms with E-state index in [1.807, 2.05) is 37.4 Å². The van der Waals surface area contributed by atoms with E-state index in [2.05, 4.69) is 28.6 Å². The maximum absolute atomic E-state index is 9.08. The van der Waals surface area contributed by atoms with Gasteiger partial charge in [0.2, 0.25) is 0 Å². The molecule has 0 unspecified atom stereocenters. The number of fused-ring (bicyclic) bond motifs is 1. The summed E-state index contributed by atoms with van der Waals surface area (Å²) < 4.78 is 2.18. The van der Waals surface area contributed by atoms with Gasteiger partial charge in [-0.3, -0.25) is 0 Å². The van der Waals surface area contributed by atoms with Gasteiger partial charge in [0.15, 0.2) is 5.65 Å². The molecule has 0 saturated carbocycles. The Kier molecular flexibility index (Phi) is 4.38. The number of imidazole rings is 1. The maximum Gasteiger partial charge on any atom is 0.160 e. The number of hydrogen-bond acceptors (Lipinski definition) is 3. The summed E-state index contributed by atoms with van der Waals surface area (Å²) in [6.07, 6.45) is 5.08. The van der Waals surface area contributed by atoms with Crippen LogP contribution in [0.15, 0.2) is 36.5 Å². The molecule has 0 N–H and O–H groups in total. The molecule has 4 nitrogen and oxygen atoms in total. The quantitative estimate of drug-likeness (QED) is 0.716. The van der Waals surface area contributed by atoms with E-state index in [1.165, 1.54) is 0 Å². The average Bonchev–Trinajstić information content (AvgIpc) is 2.89. The molecule has 0 aliphatic heterocycles. The molecular formula is C19H20N4.